The van der Waals surface area contributed by atoms with Crippen LogP contribution in [0.2, 0.25) is 0 Å². The second-order valence-corrected chi connectivity index (χ2v) is 4.33. The molecule has 0 heterocycles. The minimum absolute atomic E-state index is 0.0616. The zero-order chi connectivity index (χ0) is 11.6. The van der Waals surface area contributed by atoms with E-state index in [1.807, 2.05) is 20.8 Å². The van der Waals surface area contributed by atoms with Crippen LogP contribution < -0.4 is 0 Å². The Morgan fingerprint density at radius 2 is 2.00 bits per heavy atom. The molecule has 0 unspecified atom stereocenters. The van der Waals surface area contributed by atoms with Crippen LogP contribution in [-0.4, -0.2) is 0 Å². The highest BCUT2D eigenvalue weighted by atomic mass is 19.1. The Kier molecular flexibility index (Phi) is 2.77. The Morgan fingerprint density at radius 3 is 2.40 bits per heavy atom. The lowest BCUT2D eigenvalue weighted by Gasteiger charge is -2.19. The van der Waals surface area contributed by atoms with Crippen LogP contribution in [0.3, 0.4) is 0 Å². The molecule has 0 fully saturated rings. The molecule has 3 heteroatoms. The fourth-order valence-electron chi connectivity index (χ4n) is 1.20. The molecule has 0 bridgehead atoms. The molecule has 1 aromatic rings. The Balaban J connectivity index is 3.51. The van der Waals surface area contributed by atoms with Crippen LogP contribution in [0.25, 0.3) is 4.85 Å². The maximum atomic E-state index is 13.4. The Hall–Kier alpha value is -1.87. The summed E-state index contributed by atoms with van der Waals surface area (Å²) in [5, 5.41) is 8.74. The van der Waals surface area contributed by atoms with E-state index in [0.717, 1.165) is 5.56 Å². The second kappa shape index (κ2) is 3.71. The van der Waals surface area contributed by atoms with Gasteiger partial charge in [-0.1, -0.05) is 26.3 Å². The minimum atomic E-state index is -0.722. The van der Waals surface area contributed by atoms with E-state index in [-0.39, 0.29) is 16.7 Å². The monoisotopic (exact) mass is 202 g/mol. The Bertz CT molecular complexity index is 435. The van der Waals surface area contributed by atoms with Gasteiger partial charge in [-0.15, -0.1) is 0 Å². The first kappa shape index (κ1) is 11.2. The quantitative estimate of drug-likeness (QED) is 0.591. The van der Waals surface area contributed by atoms with Gasteiger partial charge in [-0.05, 0) is 17.5 Å². The van der Waals surface area contributed by atoms with E-state index in [1.165, 1.54) is 12.1 Å². The summed E-state index contributed by atoms with van der Waals surface area (Å²) in [6, 6.07) is 4.77. The number of hydrogen-bond donors (Lipinski definition) is 0. The molecule has 2 nitrogen and oxygen atoms in total. The van der Waals surface area contributed by atoms with Gasteiger partial charge >= 0.3 is 0 Å². The predicted octanol–water partition coefficient (Wildman–Crippen LogP) is 3.55. The molecule has 0 spiro atoms. The van der Waals surface area contributed by atoms with Gasteiger partial charge in [-0.3, -0.25) is 0 Å². The van der Waals surface area contributed by atoms with Gasteiger partial charge in [0.1, 0.15) is 11.9 Å². The maximum Gasteiger partial charge on any atom is 0.223 e. The summed E-state index contributed by atoms with van der Waals surface area (Å²) in [5.41, 5.74) is 0.456. The molecule has 0 radical (unpaired) electrons. The topological polar surface area (TPSA) is 28.1 Å². The summed E-state index contributed by atoms with van der Waals surface area (Å²) in [5.74, 6) is -0.722. The average molecular weight is 202 g/mol. The molecule has 0 N–H and O–H groups in total. The highest BCUT2D eigenvalue weighted by Crippen LogP contribution is 2.30. The Morgan fingerprint density at radius 1 is 1.40 bits per heavy atom. The van der Waals surface area contributed by atoms with Crippen LogP contribution in [0, 0.1) is 23.7 Å². The molecule has 1 rings (SSSR count). The summed E-state index contributed by atoms with van der Waals surface area (Å²) in [6.07, 6.45) is 0. The van der Waals surface area contributed by atoms with Crippen LogP contribution in [0.5, 0.6) is 0 Å². The minimum Gasteiger partial charge on any atom is -0.235 e. The molecule has 0 aliphatic carbocycles. The highest BCUT2D eigenvalue weighted by molar-refractivity contribution is 5.55. The molecule has 0 aliphatic rings. The van der Waals surface area contributed by atoms with Gasteiger partial charge in [0.05, 0.1) is 12.1 Å². The van der Waals surface area contributed by atoms with Crippen molar-refractivity contribution in [2.45, 2.75) is 26.2 Å². The van der Waals surface area contributed by atoms with Crippen molar-refractivity contribution in [1.29, 1.82) is 5.26 Å². The molecule has 0 aliphatic heterocycles. The first-order valence-electron chi connectivity index (χ1n) is 4.51. The molecule has 0 atom stereocenters. The molecule has 0 saturated heterocycles. The molecule has 0 amide bonds. The van der Waals surface area contributed by atoms with Gasteiger partial charge in [0.2, 0.25) is 5.69 Å². The van der Waals surface area contributed by atoms with Crippen molar-refractivity contribution in [3.05, 3.63) is 40.5 Å². The smallest absolute Gasteiger partial charge is 0.223 e. The number of nitrogens with zero attached hydrogens (tertiary/aromatic N) is 2. The van der Waals surface area contributed by atoms with Gasteiger partial charge in [-0.25, -0.2) is 9.24 Å². The number of halogens is 1. The number of nitriles is 1. The maximum absolute atomic E-state index is 13.4. The fraction of sp³-hybridized carbons (Fsp3) is 0.333. The van der Waals surface area contributed by atoms with Crippen LogP contribution in [-0.2, 0) is 5.41 Å². The van der Waals surface area contributed by atoms with Crippen LogP contribution >= 0.6 is 0 Å². The standard InChI is InChI=1S/C12H11FN2/c1-12(2,3)9-5-8(7-14)11(13)10(6-9)15-4/h5-6H,1-3H3. The zero-order valence-corrected chi connectivity index (χ0v) is 8.93. The zero-order valence-electron chi connectivity index (χ0n) is 8.93. The second-order valence-electron chi connectivity index (χ2n) is 4.33. The summed E-state index contributed by atoms with van der Waals surface area (Å²) in [4.78, 5) is 3.08. The molecular weight excluding hydrogens is 191 g/mol. The predicted molar refractivity (Wildman–Crippen MR) is 56.1 cm³/mol. The van der Waals surface area contributed by atoms with Gasteiger partial charge < -0.3 is 0 Å². The third-order valence-corrected chi connectivity index (χ3v) is 2.16. The van der Waals surface area contributed by atoms with Crippen molar-refractivity contribution in [2.75, 3.05) is 0 Å². The van der Waals surface area contributed by atoms with Crippen molar-refractivity contribution in [3.63, 3.8) is 0 Å². The van der Waals surface area contributed by atoms with Gasteiger partial charge in [0.25, 0.3) is 0 Å². The summed E-state index contributed by atoms with van der Waals surface area (Å²) in [6.45, 7) is 12.7. The van der Waals surface area contributed by atoms with E-state index in [9.17, 15) is 4.39 Å². The van der Waals surface area contributed by atoms with Crippen LogP contribution in [0.15, 0.2) is 12.1 Å². The van der Waals surface area contributed by atoms with Crippen molar-refractivity contribution < 1.29 is 4.39 Å². The molecular formula is C12H11FN2. The van der Waals surface area contributed by atoms with E-state index in [0.29, 0.717) is 0 Å². The average Bonchev–Trinajstić information content (AvgIpc) is 2.16. The summed E-state index contributed by atoms with van der Waals surface area (Å²) in [7, 11) is 0. The normalized spacial score (nSPS) is 10.5. The van der Waals surface area contributed by atoms with Gasteiger partial charge in [0, 0.05) is 0 Å². The third kappa shape index (κ3) is 2.14. The first-order chi connectivity index (χ1) is 6.90. The highest BCUT2D eigenvalue weighted by Gasteiger charge is 2.18. The van der Waals surface area contributed by atoms with E-state index < -0.39 is 5.82 Å². The Labute approximate surface area is 88.8 Å². The summed E-state index contributed by atoms with van der Waals surface area (Å²) >= 11 is 0. The lowest BCUT2D eigenvalue weighted by Crippen LogP contribution is -2.11. The van der Waals surface area contributed by atoms with Crippen molar-refractivity contribution in [1.82, 2.24) is 0 Å². The van der Waals surface area contributed by atoms with Crippen molar-refractivity contribution >= 4 is 5.69 Å². The summed E-state index contributed by atoms with van der Waals surface area (Å²) < 4.78 is 13.4. The fourth-order valence-corrected chi connectivity index (χ4v) is 1.20. The van der Waals surface area contributed by atoms with Crippen molar-refractivity contribution in [2.24, 2.45) is 0 Å². The van der Waals surface area contributed by atoms with E-state index in [1.54, 1.807) is 6.07 Å². The number of hydrogen-bond acceptors (Lipinski definition) is 1. The molecule has 15 heavy (non-hydrogen) atoms. The van der Waals surface area contributed by atoms with E-state index in [2.05, 4.69) is 4.85 Å². The van der Waals surface area contributed by atoms with E-state index >= 15 is 0 Å². The number of benzene rings is 1. The lowest BCUT2D eigenvalue weighted by atomic mass is 9.86. The molecule has 0 saturated carbocycles. The molecule has 0 aromatic heterocycles. The van der Waals surface area contributed by atoms with Crippen molar-refractivity contribution in [3.8, 4) is 6.07 Å². The van der Waals surface area contributed by atoms with Gasteiger partial charge in [0.15, 0.2) is 0 Å². The molecule has 1 aromatic carbocycles. The first-order valence-corrected chi connectivity index (χ1v) is 4.51. The van der Waals surface area contributed by atoms with Crippen LogP contribution in [0.4, 0.5) is 10.1 Å². The third-order valence-electron chi connectivity index (χ3n) is 2.16. The van der Waals surface area contributed by atoms with E-state index in [4.69, 9.17) is 11.8 Å². The SMILES string of the molecule is [C-]#[N+]c1cc(C(C)(C)C)cc(C#N)c1F. The lowest BCUT2D eigenvalue weighted by molar-refractivity contribution is 0.583. The number of rotatable bonds is 0. The van der Waals surface area contributed by atoms with Crippen LogP contribution in [0.1, 0.15) is 31.9 Å². The van der Waals surface area contributed by atoms with Gasteiger partial charge in [-0.2, -0.15) is 5.26 Å². The molecule has 76 valence electrons. The largest absolute Gasteiger partial charge is 0.235 e.